The number of carbonyl (C=O) groups excluding carboxylic acids is 2. The van der Waals surface area contributed by atoms with Gasteiger partial charge >= 0.3 is 19.8 Å². The first kappa shape index (κ1) is 53.8. The fourth-order valence-electron chi connectivity index (χ4n) is 6.89. The third-order valence-corrected chi connectivity index (χ3v) is 11.4. The molecular weight excluding hydrogens is 711 g/mol. The van der Waals surface area contributed by atoms with E-state index in [-0.39, 0.29) is 19.0 Å². The highest BCUT2D eigenvalue weighted by Crippen LogP contribution is 2.42. The van der Waals surface area contributed by atoms with E-state index < -0.39 is 26.5 Å². The third-order valence-electron chi connectivity index (χ3n) is 10.5. The Kier molecular flexibility index (Phi) is 41.5. The molecule has 0 aliphatic heterocycles. The van der Waals surface area contributed by atoms with Crippen molar-refractivity contribution in [1.29, 1.82) is 0 Å². The minimum absolute atomic E-state index is 0.222. The van der Waals surface area contributed by atoms with E-state index in [1.165, 1.54) is 161 Å². The van der Waals surface area contributed by atoms with Gasteiger partial charge in [0.2, 0.25) is 0 Å². The standard InChI is InChI=1S/C46H89O8P/c1-4-6-8-10-12-14-16-18-20-21-22-23-24-25-26-27-29-30-32-34-36-38-40-45(47)52-42-44(43-53-55(49,50)51-3)54-46(48)41-39-37-35-33-31-28-19-17-15-13-11-9-7-5-2/h17,19,44H,4-16,18,20-43H2,1-3H3,(H,49,50)/b19-17-. The fraction of sp³-hybridized carbons (Fsp3) is 0.913. The summed E-state index contributed by atoms with van der Waals surface area (Å²) in [5, 5.41) is 0. The maximum absolute atomic E-state index is 12.5. The van der Waals surface area contributed by atoms with Crippen molar-refractivity contribution in [3.63, 3.8) is 0 Å². The van der Waals surface area contributed by atoms with Crippen molar-refractivity contribution in [3.05, 3.63) is 12.2 Å². The molecule has 0 radical (unpaired) electrons. The zero-order valence-electron chi connectivity index (χ0n) is 36.4. The average Bonchev–Trinajstić information content (AvgIpc) is 3.18. The molecule has 0 aliphatic carbocycles. The summed E-state index contributed by atoms with van der Waals surface area (Å²) in [5.74, 6) is -0.800. The van der Waals surface area contributed by atoms with Crippen molar-refractivity contribution in [2.45, 2.75) is 251 Å². The average molecular weight is 801 g/mol. The number of hydrogen-bond acceptors (Lipinski definition) is 7. The maximum atomic E-state index is 12.5. The fourth-order valence-corrected chi connectivity index (χ4v) is 7.35. The van der Waals surface area contributed by atoms with E-state index in [4.69, 9.17) is 14.0 Å². The number of rotatable bonds is 44. The second-order valence-corrected chi connectivity index (χ2v) is 17.5. The number of unbranched alkanes of at least 4 members (excludes halogenated alkanes) is 31. The zero-order chi connectivity index (χ0) is 40.3. The second-order valence-electron chi connectivity index (χ2n) is 15.9. The summed E-state index contributed by atoms with van der Waals surface area (Å²) < 4.78 is 32.0. The number of phosphoric acid groups is 1. The number of allylic oxidation sites excluding steroid dienone is 2. The molecule has 0 bridgehead atoms. The van der Waals surface area contributed by atoms with Crippen LogP contribution in [0.25, 0.3) is 0 Å². The number of phosphoric ester groups is 1. The van der Waals surface area contributed by atoms with Crippen LogP contribution in [0.4, 0.5) is 0 Å². The van der Waals surface area contributed by atoms with E-state index in [2.05, 4.69) is 30.5 Å². The number of carbonyl (C=O) groups is 2. The number of ether oxygens (including phenoxy) is 2. The zero-order valence-corrected chi connectivity index (χ0v) is 37.2. The smallest absolute Gasteiger partial charge is 0.462 e. The van der Waals surface area contributed by atoms with Crippen LogP contribution in [-0.4, -0.2) is 43.3 Å². The first-order chi connectivity index (χ1) is 26.8. The molecule has 0 saturated carbocycles. The first-order valence-electron chi connectivity index (χ1n) is 23.4. The third kappa shape index (κ3) is 42.2. The van der Waals surface area contributed by atoms with Gasteiger partial charge in [-0.2, -0.15) is 0 Å². The minimum atomic E-state index is -4.26. The predicted molar refractivity (Wildman–Crippen MR) is 230 cm³/mol. The molecule has 2 atom stereocenters. The van der Waals surface area contributed by atoms with Crippen molar-refractivity contribution >= 4 is 19.8 Å². The molecule has 0 fully saturated rings. The Hall–Kier alpha value is -1.21. The van der Waals surface area contributed by atoms with Crippen molar-refractivity contribution in [2.75, 3.05) is 20.3 Å². The van der Waals surface area contributed by atoms with Crippen LogP contribution in [0.15, 0.2) is 12.2 Å². The highest BCUT2D eigenvalue weighted by Gasteiger charge is 2.24. The maximum Gasteiger partial charge on any atom is 0.472 e. The lowest BCUT2D eigenvalue weighted by Crippen LogP contribution is -2.29. The molecule has 55 heavy (non-hydrogen) atoms. The predicted octanol–water partition coefficient (Wildman–Crippen LogP) is 14.8. The Morgan fingerprint density at radius 2 is 0.818 bits per heavy atom. The lowest BCUT2D eigenvalue weighted by atomic mass is 10.0. The molecule has 0 amide bonds. The van der Waals surface area contributed by atoms with E-state index in [9.17, 15) is 19.0 Å². The molecular formula is C46H89O8P. The Labute approximate surface area is 340 Å². The summed E-state index contributed by atoms with van der Waals surface area (Å²) in [6, 6.07) is 0. The summed E-state index contributed by atoms with van der Waals surface area (Å²) in [6.07, 6.45) is 47.0. The van der Waals surface area contributed by atoms with Crippen LogP contribution >= 0.6 is 7.82 Å². The molecule has 0 aromatic heterocycles. The Morgan fingerprint density at radius 3 is 1.18 bits per heavy atom. The Morgan fingerprint density at radius 1 is 0.491 bits per heavy atom. The van der Waals surface area contributed by atoms with Crippen LogP contribution in [0.5, 0.6) is 0 Å². The van der Waals surface area contributed by atoms with Crippen molar-refractivity contribution in [1.82, 2.24) is 0 Å². The summed E-state index contributed by atoms with van der Waals surface area (Å²) in [6.45, 7) is 3.91. The van der Waals surface area contributed by atoms with Gasteiger partial charge in [-0.3, -0.25) is 18.6 Å². The summed E-state index contributed by atoms with van der Waals surface area (Å²) in [4.78, 5) is 34.5. The molecule has 0 heterocycles. The van der Waals surface area contributed by atoms with Crippen LogP contribution in [0.3, 0.4) is 0 Å². The highest BCUT2D eigenvalue weighted by molar-refractivity contribution is 7.47. The SMILES string of the molecule is CCCCCCC/C=C\CCCCCCCC(=O)OC(COC(=O)CCCCCCCCCCCCCCCCCCCCCCCC)COP(=O)(O)OC. The van der Waals surface area contributed by atoms with Crippen molar-refractivity contribution < 1.29 is 37.6 Å². The van der Waals surface area contributed by atoms with Crippen LogP contribution in [0.2, 0.25) is 0 Å². The molecule has 1 N–H and O–H groups in total. The Balaban J connectivity index is 3.87. The largest absolute Gasteiger partial charge is 0.472 e. The monoisotopic (exact) mass is 801 g/mol. The quantitative estimate of drug-likeness (QED) is 0.0281. The second kappa shape index (κ2) is 42.4. The van der Waals surface area contributed by atoms with Gasteiger partial charge in [0.1, 0.15) is 6.61 Å². The first-order valence-corrected chi connectivity index (χ1v) is 24.9. The van der Waals surface area contributed by atoms with Crippen LogP contribution < -0.4 is 0 Å². The molecule has 0 rings (SSSR count). The van der Waals surface area contributed by atoms with Gasteiger partial charge in [0.05, 0.1) is 6.61 Å². The lowest BCUT2D eigenvalue weighted by Gasteiger charge is -2.19. The number of hydrogen-bond donors (Lipinski definition) is 1. The van der Waals surface area contributed by atoms with Gasteiger partial charge in [0.25, 0.3) is 0 Å². The van der Waals surface area contributed by atoms with E-state index in [0.29, 0.717) is 12.8 Å². The normalized spacial score (nSPS) is 13.3. The van der Waals surface area contributed by atoms with Gasteiger partial charge in [-0.25, -0.2) is 4.57 Å². The van der Waals surface area contributed by atoms with Crippen molar-refractivity contribution in [2.24, 2.45) is 0 Å². The van der Waals surface area contributed by atoms with E-state index in [0.717, 1.165) is 58.5 Å². The van der Waals surface area contributed by atoms with E-state index in [1.54, 1.807) is 0 Å². The molecule has 2 unspecified atom stereocenters. The molecule has 0 saturated heterocycles. The molecule has 0 aromatic rings. The molecule has 326 valence electrons. The van der Waals surface area contributed by atoms with Crippen molar-refractivity contribution in [3.8, 4) is 0 Å². The topological polar surface area (TPSA) is 108 Å². The van der Waals surface area contributed by atoms with Gasteiger partial charge in [-0.05, 0) is 38.5 Å². The molecule has 0 aliphatic rings. The minimum Gasteiger partial charge on any atom is -0.462 e. The Bertz CT molecular complexity index is 910. The molecule has 0 aromatic carbocycles. The van der Waals surface area contributed by atoms with Gasteiger partial charge in [0.15, 0.2) is 6.10 Å². The lowest BCUT2D eigenvalue weighted by molar-refractivity contribution is -0.161. The van der Waals surface area contributed by atoms with Gasteiger partial charge in [0, 0.05) is 20.0 Å². The molecule has 8 nitrogen and oxygen atoms in total. The van der Waals surface area contributed by atoms with E-state index in [1.807, 2.05) is 0 Å². The highest BCUT2D eigenvalue weighted by atomic mass is 31.2. The van der Waals surface area contributed by atoms with Crippen LogP contribution in [0, 0.1) is 0 Å². The van der Waals surface area contributed by atoms with Gasteiger partial charge in [-0.1, -0.05) is 206 Å². The van der Waals surface area contributed by atoms with Gasteiger partial charge < -0.3 is 14.4 Å². The number of esters is 2. The van der Waals surface area contributed by atoms with Gasteiger partial charge in [-0.15, -0.1) is 0 Å². The molecule has 0 spiro atoms. The summed E-state index contributed by atoms with van der Waals surface area (Å²) in [5.41, 5.74) is 0. The van der Waals surface area contributed by atoms with Crippen LogP contribution in [-0.2, 0) is 32.7 Å². The molecule has 9 heteroatoms. The van der Waals surface area contributed by atoms with E-state index >= 15 is 0 Å². The summed E-state index contributed by atoms with van der Waals surface area (Å²) in [7, 11) is -3.19. The summed E-state index contributed by atoms with van der Waals surface area (Å²) >= 11 is 0. The van der Waals surface area contributed by atoms with Crippen LogP contribution in [0.1, 0.15) is 245 Å².